The van der Waals surface area contributed by atoms with Crippen LogP contribution in [0, 0.1) is 13.8 Å². The summed E-state index contributed by atoms with van der Waals surface area (Å²) in [5.74, 6) is 1.25. The maximum absolute atomic E-state index is 5.89. The summed E-state index contributed by atoms with van der Waals surface area (Å²) in [7, 11) is 0. The zero-order valence-corrected chi connectivity index (χ0v) is 17.9. The Morgan fingerprint density at radius 3 is 1.52 bits per heavy atom. The van der Waals surface area contributed by atoms with Crippen molar-refractivity contribution < 1.29 is 9.47 Å². The monoisotopic (exact) mass is 422 g/mol. The minimum absolute atomic E-state index is 0.173. The number of anilines is 1. The molecule has 0 bridgehead atoms. The molecule has 0 aliphatic heterocycles. The zero-order chi connectivity index (χ0) is 20.8. The molecule has 0 unspecified atom stereocenters. The highest BCUT2D eigenvalue weighted by Crippen LogP contribution is 2.22. The number of ether oxygens (including phenoxy) is 2. The SMILES string of the molecule is Cc1ccc(OC(=S)N(C(=S)Oc2ccc(C)cc2)c2ccc(CN)cc2)cc1. The van der Waals surface area contributed by atoms with Crippen molar-refractivity contribution in [3.05, 3.63) is 89.5 Å². The quantitative estimate of drug-likeness (QED) is 0.576. The van der Waals surface area contributed by atoms with E-state index in [9.17, 15) is 0 Å². The van der Waals surface area contributed by atoms with E-state index in [1.54, 1.807) is 4.90 Å². The van der Waals surface area contributed by atoms with Gasteiger partial charge < -0.3 is 15.2 Å². The van der Waals surface area contributed by atoms with Gasteiger partial charge in [0.2, 0.25) is 0 Å². The molecule has 0 atom stereocenters. The first-order chi connectivity index (χ1) is 14.0. The van der Waals surface area contributed by atoms with Crippen molar-refractivity contribution in [2.75, 3.05) is 4.90 Å². The number of rotatable bonds is 4. The number of nitrogens with zero attached hydrogens (tertiary/aromatic N) is 1. The van der Waals surface area contributed by atoms with E-state index in [0.29, 0.717) is 18.0 Å². The molecule has 0 radical (unpaired) electrons. The van der Waals surface area contributed by atoms with Crippen LogP contribution in [0.3, 0.4) is 0 Å². The van der Waals surface area contributed by atoms with Gasteiger partial charge in [-0.2, -0.15) is 0 Å². The summed E-state index contributed by atoms with van der Waals surface area (Å²) in [5, 5.41) is 0.345. The van der Waals surface area contributed by atoms with E-state index in [1.165, 1.54) is 0 Å². The maximum Gasteiger partial charge on any atom is 0.277 e. The molecule has 0 spiro atoms. The molecule has 0 saturated heterocycles. The van der Waals surface area contributed by atoms with E-state index in [-0.39, 0.29) is 10.3 Å². The molecule has 148 valence electrons. The summed E-state index contributed by atoms with van der Waals surface area (Å²) in [5.41, 5.74) is 9.72. The summed E-state index contributed by atoms with van der Waals surface area (Å²) in [4.78, 5) is 1.59. The Morgan fingerprint density at radius 2 is 1.14 bits per heavy atom. The molecule has 0 aliphatic rings. The highest BCUT2D eigenvalue weighted by molar-refractivity contribution is 7.82. The largest absolute Gasteiger partial charge is 0.431 e. The maximum atomic E-state index is 5.89. The van der Waals surface area contributed by atoms with E-state index >= 15 is 0 Å². The minimum atomic E-state index is 0.173. The second-order valence-electron chi connectivity index (χ2n) is 6.57. The van der Waals surface area contributed by atoms with Gasteiger partial charge in [0, 0.05) is 6.54 Å². The lowest BCUT2D eigenvalue weighted by molar-refractivity contribution is 0.530. The fraction of sp³-hybridized carbons (Fsp3) is 0.130. The van der Waals surface area contributed by atoms with Crippen LogP contribution in [0.2, 0.25) is 0 Å². The van der Waals surface area contributed by atoms with Crippen LogP contribution in [-0.2, 0) is 6.54 Å². The minimum Gasteiger partial charge on any atom is -0.431 e. The zero-order valence-electron chi connectivity index (χ0n) is 16.3. The molecule has 2 N–H and O–H groups in total. The Kier molecular flexibility index (Phi) is 6.93. The van der Waals surface area contributed by atoms with E-state index in [1.807, 2.05) is 86.6 Å². The van der Waals surface area contributed by atoms with E-state index in [2.05, 4.69) is 0 Å². The third kappa shape index (κ3) is 5.60. The Labute approximate surface area is 181 Å². The summed E-state index contributed by atoms with van der Waals surface area (Å²) >= 11 is 11.1. The van der Waals surface area contributed by atoms with Crippen molar-refractivity contribution in [1.29, 1.82) is 0 Å². The first-order valence-electron chi connectivity index (χ1n) is 9.12. The number of hydrogen-bond acceptors (Lipinski definition) is 5. The van der Waals surface area contributed by atoms with Gasteiger partial charge in [0.1, 0.15) is 11.5 Å². The van der Waals surface area contributed by atoms with Gasteiger partial charge in [-0.3, -0.25) is 0 Å². The lowest BCUT2D eigenvalue weighted by Crippen LogP contribution is -2.40. The smallest absolute Gasteiger partial charge is 0.277 e. The molecular formula is C23H22N2O2S2. The first kappa shape index (κ1) is 20.9. The van der Waals surface area contributed by atoms with E-state index in [0.717, 1.165) is 22.4 Å². The number of nitrogens with two attached hydrogens (primary N) is 1. The van der Waals surface area contributed by atoms with Crippen molar-refractivity contribution in [2.24, 2.45) is 5.73 Å². The molecule has 6 heteroatoms. The molecule has 0 fully saturated rings. The number of aryl methyl sites for hydroxylation is 2. The highest BCUT2D eigenvalue weighted by atomic mass is 32.1. The van der Waals surface area contributed by atoms with Gasteiger partial charge in [0.25, 0.3) is 10.3 Å². The number of thiocarbonyl (C=S) groups is 2. The fourth-order valence-electron chi connectivity index (χ4n) is 2.57. The molecule has 0 saturated carbocycles. The molecule has 0 aromatic heterocycles. The standard InChI is InChI=1S/C23H22N2O2S2/c1-16-3-11-20(12-4-16)26-22(28)25(19-9-7-18(15-24)8-10-19)23(29)27-21-13-5-17(2)6-14-21/h3-14H,15,24H2,1-2H3. The van der Waals surface area contributed by atoms with Crippen LogP contribution in [0.1, 0.15) is 16.7 Å². The van der Waals surface area contributed by atoms with Gasteiger partial charge in [-0.1, -0.05) is 47.5 Å². The van der Waals surface area contributed by atoms with Crippen LogP contribution in [0.4, 0.5) is 5.69 Å². The van der Waals surface area contributed by atoms with E-state index < -0.39 is 0 Å². The predicted octanol–water partition coefficient (Wildman–Crippen LogP) is 5.30. The van der Waals surface area contributed by atoms with Gasteiger partial charge in [-0.25, -0.2) is 4.90 Å². The van der Waals surface area contributed by atoms with Gasteiger partial charge >= 0.3 is 0 Å². The van der Waals surface area contributed by atoms with Crippen molar-refractivity contribution in [3.8, 4) is 11.5 Å². The van der Waals surface area contributed by atoms with Crippen LogP contribution in [0.5, 0.6) is 11.5 Å². The molecule has 29 heavy (non-hydrogen) atoms. The normalized spacial score (nSPS) is 10.3. The van der Waals surface area contributed by atoms with Crippen molar-refractivity contribution in [2.45, 2.75) is 20.4 Å². The summed E-state index contributed by atoms with van der Waals surface area (Å²) in [6.45, 7) is 4.48. The lowest BCUT2D eigenvalue weighted by atomic mass is 10.2. The van der Waals surface area contributed by atoms with Crippen molar-refractivity contribution in [3.63, 3.8) is 0 Å². The lowest BCUT2D eigenvalue weighted by Gasteiger charge is -2.25. The molecule has 3 aromatic carbocycles. The third-order valence-electron chi connectivity index (χ3n) is 4.25. The number of hydrogen-bond donors (Lipinski definition) is 1. The summed E-state index contributed by atoms with van der Waals surface area (Å²) < 4.78 is 11.8. The average molecular weight is 423 g/mol. The van der Waals surface area contributed by atoms with E-state index in [4.69, 9.17) is 39.6 Å². The van der Waals surface area contributed by atoms with Crippen molar-refractivity contribution in [1.82, 2.24) is 0 Å². The van der Waals surface area contributed by atoms with Crippen LogP contribution in [0.25, 0.3) is 0 Å². The van der Waals surface area contributed by atoms with Crippen molar-refractivity contribution >= 4 is 40.5 Å². The Morgan fingerprint density at radius 1 is 0.724 bits per heavy atom. The van der Waals surface area contributed by atoms with Gasteiger partial charge in [0.05, 0.1) is 5.69 Å². The highest BCUT2D eigenvalue weighted by Gasteiger charge is 2.21. The molecule has 0 amide bonds. The second-order valence-corrected chi connectivity index (χ2v) is 7.27. The van der Waals surface area contributed by atoms with Gasteiger partial charge in [-0.15, -0.1) is 0 Å². The van der Waals surface area contributed by atoms with Crippen LogP contribution in [-0.4, -0.2) is 10.3 Å². The average Bonchev–Trinajstić information content (AvgIpc) is 2.72. The predicted molar refractivity (Wildman–Crippen MR) is 126 cm³/mol. The third-order valence-corrected chi connectivity index (χ3v) is 4.78. The molecule has 3 rings (SSSR count). The van der Waals surface area contributed by atoms with Crippen LogP contribution < -0.4 is 20.1 Å². The second kappa shape index (κ2) is 9.60. The topological polar surface area (TPSA) is 47.7 Å². The summed E-state index contributed by atoms with van der Waals surface area (Å²) in [6, 6.07) is 22.9. The fourth-order valence-corrected chi connectivity index (χ4v) is 3.20. The first-order valence-corrected chi connectivity index (χ1v) is 9.94. The molecule has 0 heterocycles. The summed E-state index contributed by atoms with van der Waals surface area (Å²) in [6.07, 6.45) is 0. The molecular weight excluding hydrogens is 400 g/mol. The molecule has 0 aliphatic carbocycles. The van der Waals surface area contributed by atoms with Crippen LogP contribution >= 0.6 is 24.4 Å². The van der Waals surface area contributed by atoms with Gasteiger partial charge in [-0.05, 0) is 80.2 Å². The number of benzene rings is 3. The Balaban J connectivity index is 1.87. The Hall–Kier alpha value is -2.80. The molecule has 3 aromatic rings. The molecule has 4 nitrogen and oxygen atoms in total. The van der Waals surface area contributed by atoms with Crippen LogP contribution in [0.15, 0.2) is 72.8 Å². The Bertz CT molecular complexity index is 925. The van der Waals surface area contributed by atoms with Gasteiger partial charge in [0.15, 0.2) is 0 Å².